The van der Waals surface area contributed by atoms with Crippen LogP contribution in [0.15, 0.2) is 121 Å². The van der Waals surface area contributed by atoms with Crippen LogP contribution in [0.2, 0.25) is 0 Å². The van der Waals surface area contributed by atoms with Crippen molar-refractivity contribution in [1.29, 1.82) is 0 Å². The number of ketones is 3. The number of nitrogens with zero attached hydrogens (tertiary/aromatic N) is 2. The average Bonchev–Trinajstić information content (AvgIpc) is 3.65. The summed E-state index contributed by atoms with van der Waals surface area (Å²) in [5.41, 5.74) is 6.53. The molecule has 1 unspecified atom stereocenters. The van der Waals surface area contributed by atoms with Gasteiger partial charge in [-0.1, -0.05) is 72.8 Å². The average molecular weight is 972 g/mol. The van der Waals surface area contributed by atoms with Crippen LogP contribution in [0.3, 0.4) is 0 Å². The number of aliphatic hydroxyl groups is 1. The van der Waals surface area contributed by atoms with Gasteiger partial charge in [-0.25, -0.2) is 0 Å². The number of aryl methyl sites for hydroxylation is 2. The molecule has 0 aliphatic carbocycles. The smallest absolute Gasteiger partial charge is 0.310 e. The summed E-state index contributed by atoms with van der Waals surface area (Å²) in [7, 11) is 3.22. The Morgan fingerprint density at radius 1 is 0.718 bits per heavy atom. The van der Waals surface area contributed by atoms with E-state index in [-0.39, 0.29) is 49.4 Å². The molecule has 2 aliphatic rings. The summed E-state index contributed by atoms with van der Waals surface area (Å²) < 4.78 is 16.2. The van der Waals surface area contributed by atoms with E-state index < -0.39 is 48.7 Å². The van der Waals surface area contributed by atoms with Crippen LogP contribution in [0, 0.1) is 13.8 Å². The molecule has 4 N–H and O–H groups in total. The first-order valence-electron chi connectivity index (χ1n) is 22.6. The number of amides is 4. The van der Waals surface area contributed by atoms with E-state index in [0.717, 1.165) is 33.6 Å². The topological polar surface area (TPSA) is 227 Å². The molecular formula is C54H61N5O12. The summed E-state index contributed by atoms with van der Waals surface area (Å²) >= 11 is 0. The summed E-state index contributed by atoms with van der Waals surface area (Å²) in [6, 6.07) is 34.2. The van der Waals surface area contributed by atoms with Crippen molar-refractivity contribution in [1.82, 2.24) is 10.6 Å². The van der Waals surface area contributed by atoms with Crippen LogP contribution in [-0.4, -0.2) is 104 Å². The van der Waals surface area contributed by atoms with Gasteiger partial charge in [0.2, 0.25) is 24.0 Å². The Morgan fingerprint density at radius 3 is 1.76 bits per heavy atom. The van der Waals surface area contributed by atoms with Crippen LogP contribution >= 0.6 is 0 Å². The third kappa shape index (κ3) is 16.7. The zero-order valence-electron chi connectivity index (χ0n) is 41.1. The number of carbonyl (C=O) groups is 8. The molecule has 0 bridgehead atoms. The molecule has 0 radical (unpaired) electrons. The SMILES string of the molecule is CC(=O)Nc1ccc(C(C)=O)cc1.CC(=O)c1ccccc1.CN[C@H]1CN(C(=O)CO)c2ccccc2N(CC(=O)N[C@H]2CC(=O)OC2OCc2ccccc2)C1=O.COc1c(C)cc(C(C)=O)cc1C. The molecule has 2 aliphatic heterocycles. The van der Waals surface area contributed by atoms with Crippen molar-refractivity contribution < 1.29 is 57.7 Å². The number of methoxy groups -OCH3 is 1. The fraction of sp³-hybridized carbons (Fsp3) is 0.296. The molecule has 2 heterocycles. The molecule has 17 nitrogen and oxygen atoms in total. The lowest BCUT2D eigenvalue weighted by Gasteiger charge is -2.26. The van der Waals surface area contributed by atoms with Gasteiger partial charge in [-0.3, -0.25) is 43.3 Å². The fourth-order valence-corrected chi connectivity index (χ4v) is 7.38. The Balaban J connectivity index is 0.000000253. The lowest BCUT2D eigenvalue weighted by molar-refractivity contribution is -0.168. The number of rotatable bonds is 13. The van der Waals surface area contributed by atoms with E-state index in [9.17, 15) is 43.5 Å². The minimum absolute atomic E-state index is 0.00970. The fourth-order valence-electron chi connectivity index (χ4n) is 7.38. The number of para-hydroxylation sites is 2. The lowest BCUT2D eigenvalue weighted by atomic mass is 10.0. The van der Waals surface area contributed by atoms with Crippen LogP contribution in [0.4, 0.5) is 17.1 Å². The third-order valence-corrected chi connectivity index (χ3v) is 10.9. The molecule has 0 spiro atoms. The van der Waals surface area contributed by atoms with E-state index in [0.29, 0.717) is 22.6 Å². The number of fused-ring (bicyclic) bond motifs is 1. The van der Waals surface area contributed by atoms with E-state index in [1.165, 1.54) is 23.6 Å². The second-order valence-electron chi connectivity index (χ2n) is 16.4. The van der Waals surface area contributed by atoms with Crippen LogP contribution in [0.1, 0.15) is 81.9 Å². The van der Waals surface area contributed by atoms with Crippen LogP contribution in [0.5, 0.6) is 5.75 Å². The maximum atomic E-state index is 13.3. The number of carbonyl (C=O) groups excluding carboxylic acids is 8. The van der Waals surface area contributed by atoms with Gasteiger partial charge in [-0.05, 0) is 107 Å². The first-order chi connectivity index (χ1) is 33.9. The van der Waals surface area contributed by atoms with Crippen LogP contribution in [0.25, 0.3) is 0 Å². The Morgan fingerprint density at radius 2 is 1.25 bits per heavy atom. The summed E-state index contributed by atoms with van der Waals surface area (Å²) in [6.07, 6.45) is -1.02. The highest BCUT2D eigenvalue weighted by Gasteiger charge is 2.39. The normalized spacial score (nSPS) is 15.6. The zero-order chi connectivity index (χ0) is 52.2. The number of Topliss-reactive ketones (excluding diaryl/α,β-unsaturated/α-hetero) is 3. The van der Waals surface area contributed by atoms with Crippen molar-refractivity contribution in [3.05, 3.63) is 155 Å². The lowest BCUT2D eigenvalue weighted by Crippen LogP contribution is -2.53. The first-order valence-corrected chi connectivity index (χ1v) is 22.6. The second kappa shape index (κ2) is 27.4. The Bertz CT molecular complexity index is 2640. The van der Waals surface area contributed by atoms with Gasteiger partial charge in [0.15, 0.2) is 17.3 Å². The number of hydrogen-bond donors (Lipinski definition) is 4. The Labute approximate surface area is 413 Å². The van der Waals surface area contributed by atoms with Gasteiger partial charge < -0.3 is 40.2 Å². The molecule has 17 heteroatoms. The van der Waals surface area contributed by atoms with Crippen molar-refractivity contribution in [3.8, 4) is 5.75 Å². The van der Waals surface area contributed by atoms with E-state index >= 15 is 0 Å². The minimum Gasteiger partial charge on any atom is -0.496 e. The van der Waals surface area contributed by atoms with Crippen LogP contribution in [-0.2, 0) is 40.1 Å². The van der Waals surface area contributed by atoms with Crippen molar-refractivity contribution >= 4 is 64.0 Å². The van der Waals surface area contributed by atoms with Gasteiger partial charge in [0.25, 0.3) is 5.91 Å². The Kier molecular flexibility index (Phi) is 21.5. The highest BCUT2D eigenvalue weighted by Crippen LogP contribution is 2.33. The molecule has 4 amide bonds. The van der Waals surface area contributed by atoms with Crippen molar-refractivity contribution in [2.45, 2.75) is 72.9 Å². The highest BCUT2D eigenvalue weighted by molar-refractivity contribution is 6.09. The summed E-state index contributed by atoms with van der Waals surface area (Å²) in [5, 5.41) is 17.7. The van der Waals surface area contributed by atoms with Crippen molar-refractivity contribution in [2.24, 2.45) is 0 Å². The third-order valence-electron chi connectivity index (χ3n) is 10.9. The number of esters is 1. The molecule has 0 aromatic heterocycles. The molecule has 5 aromatic carbocycles. The molecule has 3 atom stereocenters. The Hall–Kier alpha value is -7.86. The van der Waals surface area contributed by atoms with E-state index in [1.807, 2.05) is 86.6 Å². The number of aliphatic hydroxyl groups excluding tert-OH is 1. The summed E-state index contributed by atoms with van der Waals surface area (Å²) in [5.74, 6) is -1.01. The molecule has 1 fully saturated rings. The zero-order valence-corrected chi connectivity index (χ0v) is 41.1. The molecule has 374 valence electrons. The predicted molar refractivity (Wildman–Crippen MR) is 268 cm³/mol. The number of likely N-dealkylation sites (N-methyl/N-ethyl adjacent to an activating group) is 1. The molecular weight excluding hydrogens is 911 g/mol. The van der Waals surface area contributed by atoms with E-state index in [1.54, 1.807) is 76.5 Å². The van der Waals surface area contributed by atoms with E-state index in [2.05, 4.69) is 16.0 Å². The number of anilines is 3. The van der Waals surface area contributed by atoms with Crippen molar-refractivity contribution in [2.75, 3.05) is 49.0 Å². The molecule has 71 heavy (non-hydrogen) atoms. The van der Waals surface area contributed by atoms with Gasteiger partial charge >= 0.3 is 5.97 Å². The summed E-state index contributed by atoms with van der Waals surface area (Å²) in [6.45, 7) is 9.08. The van der Waals surface area contributed by atoms with E-state index in [4.69, 9.17) is 14.2 Å². The van der Waals surface area contributed by atoms with Gasteiger partial charge in [0, 0.05) is 29.3 Å². The monoisotopic (exact) mass is 971 g/mol. The quantitative estimate of drug-likeness (QED) is 0.0766. The predicted octanol–water partition coefficient (Wildman–Crippen LogP) is 6.17. The van der Waals surface area contributed by atoms with Crippen molar-refractivity contribution in [3.63, 3.8) is 0 Å². The molecule has 5 aromatic rings. The second-order valence-corrected chi connectivity index (χ2v) is 16.4. The number of hydrogen-bond acceptors (Lipinski definition) is 13. The maximum absolute atomic E-state index is 13.3. The standard InChI is InChI=1S/C25H28N4O7.C11H14O2.C10H11NO2.C8H8O/c1-26-18-12-28(22(32)14-30)19-9-5-6-10-20(19)29(24(18)34)13-21(31)27-17-11-23(33)36-25(17)35-15-16-7-3-2-4-8-16;1-7-5-10(9(3)12)6-8(2)11(7)13-4;1-7(12)9-3-5-10(6-4-9)11-8(2)13;1-7(9)8-5-3-2-4-6-8/h2-10,17-18,25-26,30H,11-15H2,1H3,(H,27,31);5-6H,1-4H3;3-6H,1-2H3,(H,11,13);2-6H,1H3/t17-,18-,25?;;;/m0.../s1. The number of nitrogens with one attached hydrogen (secondary N) is 3. The van der Waals surface area contributed by atoms with Gasteiger partial charge in [-0.2, -0.15) is 0 Å². The minimum atomic E-state index is -0.962. The van der Waals surface area contributed by atoms with Crippen LogP contribution < -0.4 is 30.5 Å². The highest BCUT2D eigenvalue weighted by atomic mass is 16.7. The van der Waals surface area contributed by atoms with Gasteiger partial charge in [0.05, 0.1) is 38.1 Å². The maximum Gasteiger partial charge on any atom is 0.310 e. The summed E-state index contributed by atoms with van der Waals surface area (Å²) in [4.78, 5) is 96.6. The number of ether oxygens (including phenoxy) is 3. The molecule has 0 saturated carbocycles. The van der Waals surface area contributed by atoms with Gasteiger partial charge in [-0.15, -0.1) is 0 Å². The number of benzene rings is 5. The largest absolute Gasteiger partial charge is 0.496 e. The first kappa shape index (κ1) is 55.7. The molecule has 7 rings (SSSR count). The molecule has 1 saturated heterocycles. The number of cyclic esters (lactones) is 1. The van der Waals surface area contributed by atoms with Gasteiger partial charge in [0.1, 0.15) is 31.0 Å².